The summed E-state index contributed by atoms with van der Waals surface area (Å²) in [6.07, 6.45) is 0. The summed E-state index contributed by atoms with van der Waals surface area (Å²) in [6.45, 7) is 30.4. The zero-order chi connectivity index (χ0) is 67.8. The van der Waals surface area contributed by atoms with Crippen molar-refractivity contribution in [2.75, 3.05) is 0 Å². The largest absolute Gasteiger partial charge is 0.425 e. The molecule has 95 heavy (non-hydrogen) atoms. The van der Waals surface area contributed by atoms with Crippen LogP contribution in [0.1, 0.15) is 169 Å². The summed E-state index contributed by atoms with van der Waals surface area (Å²) in [6, 6.07) is 60.6. The van der Waals surface area contributed by atoms with Crippen LogP contribution >= 0.6 is 0 Å². The molecule has 0 saturated carbocycles. The number of benzene rings is 10. The second-order valence-electron chi connectivity index (χ2n) is 26.1. The highest BCUT2D eigenvalue weighted by Crippen LogP contribution is 2.47. The van der Waals surface area contributed by atoms with Crippen molar-refractivity contribution in [1.29, 1.82) is 0 Å². The molecule has 0 spiro atoms. The van der Waals surface area contributed by atoms with Crippen molar-refractivity contribution in [3.63, 3.8) is 0 Å². The van der Waals surface area contributed by atoms with Crippen molar-refractivity contribution in [1.82, 2.24) is 0 Å². The molecule has 0 N–H and O–H groups in total. The molecule has 10 nitrogen and oxygen atoms in total. The summed E-state index contributed by atoms with van der Waals surface area (Å²) >= 11 is 0. The fourth-order valence-corrected chi connectivity index (χ4v) is 13.7. The molecule has 0 aliphatic carbocycles. The van der Waals surface area contributed by atoms with Gasteiger partial charge in [-0.05, 0) is 182 Å². The van der Waals surface area contributed by atoms with E-state index in [1.807, 2.05) is 216 Å². The third-order valence-electron chi connectivity index (χ3n) is 18.5. The minimum Gasteiger partial charge on any atom is -0.425 e. The lowest BCUT2D eigenvalue weighted by atomic mass is 9.88. The number of carbonyl (C=O) groups is 5. The summed E-state index contributed by atoms with van der Waals surface area (Å²) in [7, 11) is 0. The van der Waals surface area contributed by atoms with Gasteiger partial charge < -0.3 is 23.7 Å². The smallest absolute Gasteiger partial charge is 0.323 e. The molecule has 480 valence electrons. The number of esters is 5. The number of hydrogen-bond acceptors (Lipinski definition) is 10. The van der Waals surface area contributed by atoms with Gasteiger partial charge in [0.25, 0.3) is 0 Å². The Morgan fingerprint density at radius 1 is 0.200 bits per heavy atom. The van der Waals surface area contributed by atoms with Crippen molar-refractivity contribution in [2.24, 2.45) is 0 Å². The molecule has 0 aromatic heterocycles. The first-order chi connectivity index (χ1) is 45.3. The Labute approximate surface area is 557 Å². The van der Waals surface area contributed by atoms with Crippen LogP contribution in [0.3, 0.4) is 0 Å². The second kappa shape index (κ2) is 27.2. The van der Waals surface area contributed by atoms with Gasteiger partial charge >= 0.3 is 29.8 Å². The number of rotatable bonds is 5. The lowest BCUT2D eigenvalue weighted by molar-refractivity contribution is -0.134. The number of para-hydroxylation sites is 2. The van der Waals surface area contributed by atoms with Crippen LogP contribution in [-0.2, 0) is 24.0 Å². The third kappa shape index (κ3) is 13.5. The van der Waals surface area contributed by atoms with E-state index >= 15 is 0 Å². The summed E-state index contributed by atoms with van der Waals surface area (Å²) in [5.41, 5.74) is 26.9. The second-order valence-corrected chi connectivity index (χ2v) is 26.1. The maximum atomic E-state index is 12.3. The van der Waals surface area contributed by atoms with E-state index in [0.717, 1.165) is 140 Å². The van der Waals surface area contributed by atoms with Crippen LogP contribution < -0.4 is 23.7 Å². The van der Waals surface area contributed by atoms with Crippen LogP contribution in [0.15, 0.2) is 182 Å². The van der Waals surface area contributed by atoms with E-state index in [-0.39, 0.29) is 59.4 Å². The Balaban J connectivity index is 0.000000121. The topological polar surface area (TPSA) is 132 Å². The fraction of sp³-hybridized carbons (Fsp3) is 0.235. The third-order valence-corrected chi connectivity index (χ3v) is 18.5. The Hall–Kier alpha value is -10.5. The standard InChI is InChI=1S/C18H18O2.3C17H16O2.C16H14O2/c1-10-7-13(4)17-15(8-10)16(18(19)20-17)14-6-5-11(2)12(3)9-14;1-10-4-6-13(7-5-10)15-14-9-11(2)8-12(3)16(14)19-17(15)18;2*1-10-7-8-13(12(3)9-10)15-14-6-4-5-11(2)16(14)19-17(15)18;1-10-8-11(2)15-13(9-10)14(16(17)18-15)12-6-4-3-5-7-12/h5-9,16H,1-4H3;3*4-9,15H,1-3H3;3-9,14H,1-2H3. The highest BCUT2D eigenvalue weighted by atomic mass is 16.6. The van der Waals surface area contributed by atoms with Gasteiger partial charge in [-0.3, -0.25) is 24.0 Å². The van der Waals surface area contributed by atoms with Gasteiger partial charge in [0.1, 0.15) is 58.3 Å². The highest BCUT2D eigenvalue weighted by Gasteiger charge is 2.40. The number of fused-ring (bicyclic) bond motifs is 5. The van der Waals surface area contributed by atoms with E-state index in [1.165, 1.54) is 27.8 Å². The van der Waals surface area contributed by atoms with Crippen molar-refractivity contribution in [3.8, 4) is 28.7 Å². The number of hydrogen-bond donors (Lipinski definition) is 0. The maximum absolute atomic E-state index is 12.3. The molecular weight excluding hydrogens is 1180 g/mol. The molecular formula is C85H80O10. The Bertz CT molecular complexity index is 4590. The quantitative estimate of drug-likeness (QED) is 0.121. The monoisotopic (exact) mass is 1260 g/mol. The van der Waals surface area contributed by atoms with Crippen molar-refractivity contribution < 1.29 is 47.7 Å². The summed E-state index contributed by atoms with van der Waals surface area (Å²) in [5, 5.41) is 0. The van der Waals surface area contributed by atoms with Crippen molar-refractivity contribution in [3.05, 3.63) is 321 Å². The van der Waals surface area contributed by atoms with Crippen LogP contribution in [0, 0.1) is 104 Å². The molecule has 0 bridgehead atoms. The predicted octanol–water partition coefficient (Wildman–Crippen LogP) is 18.3. The molecule has 5 atom stereocenters. The zero-order valence-electron chi connectivity index (χ0n) is 56.8. The molecule has 5 aliphatic rings. The van der Waals surface area contributed by atoms with Crippen LogP contribution in [0.2, 0.25) is 0 Å². The SMILES string of the molecule is Cc1cc(C)c2c(c1)C(c1ccc(C)c(C)c1)C(=O)O2.Cc1cc(C)c2c(c1)C(c1ccccc1)C(=O)O2.Cc1ccc(C2C(=O)Oc3c(C)cc(C)cc32)cc1.Cc1ccc(C2C(=O)Oc3c(C)cccc32)c(C)c1.Cc1ccc(C2C(=O)Oc3c(C)cccc32)c(C)c1. The van der Waals surface area contributed by atoms with E-state index < -0.39 is 0 Å². The minimum absolute atomic E-state index is 0.169. The van der Waals surface area contributed by atoms with Crippen LogP contribution in [0.4, 0.5) is 0 Å². The molecule has 5 aliphatic heterocycles. The van der Waals surface area contributed by atoms with Gasteiger partial charge in [-0.1, -0.05) is 215 Å². The van der Waals surface area contributed by atoms with E-state index in [9.17, 15) is 24.0 Å². The van der Waals surface area contributed by atoms with Crippen LogP contribution in [-0.4, -0.2) is 29.8 Å². The van der Waals surface area contributed by atoms with E-state index in [0.29, 0.717) is 0 Å². The number of ether oxygens (including phenoxy) is 5. The van der Waals surface area contributed by atoms with Gasteiger partial charge in [0.15, 0.2) is 0 Å². The highest BCUT2D eigenvalue weighted by molar-refractivity contribution is 5.93. The molecule has 10 aromatic rings. The molecule has 5 heterocycles. The normalized spacial score (nSPS) is 17.2. The van der Waals surface area contributed by atoms with Crippen molar-refractivity contribution in [2.45, 2.75) is 133 Å². The molecule has 0 saturated heterocycles. The Morgan fingerprint density at radius 3 is 0.905 bits per heavy atom. The molecule has 5 unspecified atom stereocenters. The summed E-state index contributed by atoms with van der Waals surface area (Å²) in [5.74, 6) is 1.41. The van der Waals surface area contributed by atoms with Gasteiger partial charge in [-0.15, -0.1) is 0 Å². The predicted molar refractivity (Wildman–Crippen MR) is 373 cm³/mol. The molecule has 15 rings (SSSR count). The van der Waals surface area contributed by atoms with Gasteiger partial charge in [0, 0.05) is 27.8 Å². The zero-order valence-corrected chi connectivity index (χ0v) is 56.8. The van der Waals surface area contributed by atoms with Crippen LogP contribution in [0.5, 0.6) is 28.7 Å². The van der Waals surface area contributed by atoms with Gasteiger partial charge in [0.2, 0.25) is 0 Å². The Morgan fingerprint density at radius 2 is 0.526 bits per heavy atom. The first-order valence-corrected chi connectivity index (χ1v) is 32.3. The number of carbonyl (C=O) groups excluding carboxylic acids is 5. The van der Waals surface area contributed by atoms with E-state index in [1.54, 1.807) is 0 Å². The lowest BCUT2D eigenvalue weighted by Gasteiger charge is -2.12. The van der Waals surface area contributed by atoms with Gasteiger partial charge in [-0.2, -0.15) is 0 Å². The lowest BCUT2D eigenvalue weighted by Crippen LogP contribution is -2.12. The minimum atomic E-state index is -0.289. The summed E-state index contributed by atoms with van der Waals surface area (Å²) < 4.78 is 27.3. The molecule has 0 amide bonds. The molecule has 0 fully saturated rings. The maximum Gasteiger partial charge on any atom is 0.323 e. The van der Waals surface area contributed by atoms with E-state index in [4.69, 9.17) is 23.7 Å². The van der Waals surface area contributed by atoms with Gasteiger partial charge in [0.05, 0.1) is 0 Å². The first kappa shape index (κ1) is 66.0. The van der Waals surface area contributed by atoms with E-state index in [2.05, 4.69) is 70.2 Å². The average Bonchev–Trinajstić information content (AvgIpc) is 1.68. The first-order valence-electron chi connectivity index (χ1n) is 32.3. The van der Waals surface area contributed by atoms with Gasteiger partial charge in [-0.25, -0.2) is 0 Å². The number of aryl methyl sites for hydroxylation is 15. The summed E-state index contributed by atoms with van der Waals surface area (Å²) in [4.78, 5) is 60.9. The van der Waals surface area contributed by atoms with Crippen molar-refractivity contribution >= 4 is 29.8 Å². The fourth-order valence-electron chi connectivity index (χ4n) is 13.7. The molecule has 10 aromatic carbocycles. The average molecular weight is 1260 g/mol. The molecule has 10 heteroatoms. The molecule has 0 radical (unpaired) electrons. The Kier molecular flexibility index (Phi) is 18.9. The van der Waals surface area contributed by atoms with Crippen LogP contribution in [0.25, 0.3) is 0 Å².